The van der Waals surface area contributed by atoms with Crippen molar-refractivity contribution in [2.45, 2.75) is 26.5 Å². The molecule has 0 radical (unpaired) electrons. The number of aromatic nitrogens is 3. The van der Waals surface area contributed by atoms with Gasteiger partial charge in [0, 0.05) is 30.8 Å². The summed E-state index contributed by atoms with van der Waals surface area (Å²) < 4.78 is 19.0. The van der Waals surface area contributed by atoms with Crippen LogP contribution in [-0.4, -0.2) is 46.2 Å². The first-order chi connectivity index (χ1) is 15.1. The maximum absolute atomic E-state index is 6.15. The third-order valence-corrected chi connectivity index (χ3v) is 5.99. The van der Waals surface area contributed by atoms with Gasteiger partial charge in [0.1, 0.15) is 23.9 Å². The van der Waals surface area contributed by atoms with Crippen LogP contribution in [0.2, 0.25) is 0 Å². The number of hydrogen-bond donors (Lipinski definition) is 0. The van der Waals surface area contributed by atoms with Gasteiger partial charge in [-0.15, -0.1) is 0 Å². The fraction of sp³-hybridized carbons (Fsp3) is 0.333. The monoisotopic (exact) mass is 418 g/mol. The number of morpholine rings is 1. The predicted molar refractivity (Wildman–Crippen MR) is 117 cm³/mol. The Bertz CT molecular complexity index is 1190. The van der Waals surface area contributed by atoms with Crippen molar-refractivity contribution in [1.29, 1.82) is 0 Å². The predicted octanol–water partition coefficient (Wildman–Crippen LogP) is 4.19. The van der Waals surface area contributed by atoms with Crippen LogP contribution < -0.4 is 4.74 Å². The average Bonchev–Trinajstić information content (AvgIpc) is 3.38. The molecule has 0 aliphatic carbocycles. The Morgan fingerprint density at radius 2 is 2.03 bits per heavy atom. The number of rotatable bonds is 5. The fourth-order valence-electron chi connectivity index (χ4n) is 4.27. The van der Waals surface area contributed by atoms with Gasteiger partial charge in [-0.25, -0.2) is 4.98 Å². The number of benzene rings is 1. The van der Waals surface area contributed by atoms with Gasteiger partial charge in [0.05, 0.1) is 36.3 Å². The first-order valence-electron chi connectivity index (χ1n) is 10.5. The van der Waals surface area contributed by atoms with Crippen LogP contribution in [-0.2, 0) is 11.3 Å². The summed E-state index contributed by atoms with van der Waals surface area (Å²) in [7, 11) is 1.68. The lowest BCUT2D eigenvalue weighted by atomic mass is 10.1. The molecule has 4 aromatic rings. The fourth-order valence-corrected chi connectivity index (χ4v) is 4.27. The van der Waals surface area contributed by atoms with Crippen LogP contribution in [0.3, 0.4) is 0 Å². The average molecular weight is 418 g/mol. The number of nitrogens with zero attached hydrogens (tertiary/aromatic N) is 4. The molecule has 3 aromatic heterocycles. The third kappa shape index (κ3) is 3.71. The van der Waals surface area contributed by atoms with Crippen molar-refractivity contribution in [2.24, 2.45) is 0 Å². The van der Waals surface area contributed by atoms with Gasteiger partial charge < -0.3 is 14.0 Å². The molecule has 0 amide bonds. The summed E-state index contributed by atoms with van der Waals surface area (Å²) in [5.41, 5.74) is 6.29. The molecule has 0 bridgehead atoms. The van der Waals surface area contributed by atoms with Crippen molar-refractivity contribution in [2.75, 3.05) is 26.8 Å². The third-order valence-electron chi connectivity index (χ3n) is 5.99. The molecule has 31 heavy (non-hydrogen) atoms. The van der Waals surface area contributed by atoms with Crippen molar-refractivity contribution in [3.8, 4) is 17.0 Å². The Hall–Kier alpha value is -3.16. The number of hydrogen-bond acceptors (Lipinski definition) is 6. The molecule has 7 nitrogen and oxygen atoms in total. The lowest BCUT2D eigenvalue weighted by Gasteiger charge is -2.32. The van der Waals surface area contributed by atoms with Crippen LogP contribution in [0, 0.1) is 13.8 Å². The molecule has 7 heteroatoms. The van der Waals surface area contributed by atoms with Gasteiger partial charge in [-0.2, -0.15) is 0 Å². The lowest BCUT2D eigenvalue weighted by molar-refractivity contribution is -0.0342. The van der Waals surface area contributed by atoms with E-state index in [4.69, 9.17) is 19.0 Å². The maximum Gasteiger partial charge on any atom is 0.138 e. The SMILES string of the molecule is COc1cccc(-c2cccc3c(C4CN(Cc5c(C)noc5C)CCO4)ncn23)c1. The topological polar surface area (TPSA) is 65.0 Å². The van der Waals surface area contributed by atoms with Gasteiger partial charge in [-0.3, -0.25) is 9.30 Å². The minimum absolute atomic E-state index is 0.0835. The Morgan fingerprint density at radius 1 is 1.16 bits per heavy atom. The van der Waals surface area contributed by atoms with Crippen molar-refractivity contribution in [1.82, 2.24) is 19.4 Å². The second kappa shape index (κ2) is 8.17. The van der Waals surface area contributed by atoms with E-state index in [0.29, 0.717) is 6.61 Å². The molecule has 1 aromatic carbocycles. The van der Waals surface area contributed by atoms with E-state index in [-0.39, 0.29) is 6.10 Å². The second-order valence-electron chi connectivity index (χ2n) is 7.93. The number of fused-ring (bicyclic) bond motifs is 1. The number of pyridine rings is 1. The smallest absolute Gasteiger partial charge is 0.138 e. The highest BCUT2D eigenvalue weighted by Crippen LogP contribution is 2.30. The molecular weight excluding hydrogens is 392 g/mol. The van der Waals surface area contributed by atoms with E-state index in [1.165, 1.54) is 0 Å². The quantitative estimate of drug-likeness (QED) is 0.484. The highest BCUT2D eigenvalue weighted by atomic mass is 16.5. The van der Waals surface area contributed by atoms with Crippen LogP contribution >= 0.6 is 0 Å². The minimum Gasteiger partial charge on any atom is -0.497 e. The molecule has 5 rings (SSSR count). The van der Waals surface area contributed by atoms with Gasteiger partial charge in [-0.1, -0.05) is 23.4 Å². The van der Waals surface area contributed by atoms with Gasteiger partial charge >= 0.3 is 0 Å². The van der Waals surface area contributed by atoms with E-state index < -0.39 is 0 Å². The largest absolute Gasteiger partial charge is 0.497 e. The molecule has 0 saturated carbocycles. The van der Waals surface area contributed by atoms with Crippen molar-refractivity contribution in [3.63, 3.8) is 0 Å². The molecule has 4 heterocycles. The summed E-state index contributed by atoms with van der Waals surface area (Å²) in [6, 6.07) is 14.3. The Morgan fingerprint density at radius 3 is 2.84 bits per heavy atom. The van der Waals surface area contributed by atoms with E-state index in [1.807, 2.05) is 38.4 Å². The normalized spacial score (nSPS) is 17.3. The number of aryl methyl sites for hydroxylation is 2. The van der Waals surface area contributed by atoms with E-state index in [1.54, 1.807) is 7.11 Å². The number of imidazole rings is 1. The van der Waals surface area contributed by atoms with Crippen molar-refractivity contribution in [3.05, 3.63) is 71.5 Å². The van der Waals surface area contributed by atoms with Crippen LogP contribution in [0.1, 0.15) is 28.8 Å². The number of ether oxygens (including phenoxy) is 2. The molecule has 1 aliphatic rings. The van der Waals surface area contributed by atoms with Crippen LogP contribution in [0.25, 0.3) is 16.8 Å². The summed E-state index contributed by atoms with van der Waals surface area (Å²) in [4.78, 5) is 7.15. The summed E-state index contributed by atoms with van der Waals surface area (Å²) in [6.07, 6.45) is 1.80. The lowest BCUT2D eigenvalue weighted by Crippen LogP contribution is -2.38. The van der Waals surface area contributed by atoms with Gasteiger partial charge in [0.2, 0.25) is 0 Å². The van der Waals surface area contributed by atoms with Crippen LogP contribution in [0.4, 0.5) is 0 Å². The highest BCUT2D eigenvalue weighted by Gasteiger charge is 2.27. The molecule has 1 unspecified atom stereocenters. The summed E-state index contributed by atoms with van der Waals surface area (Å²) in [5, 5.41) is 4.08. The maximum atomic E-state index is 6.15. The van der Waals surface area contributed by atoms with Crippen LogP contribution in [0.15, 0.2) is 53.3 Å². The summed E-state index contributed by atoms with van der Waals surface area (Å²) in [6.45, 7) is 7.09. The summed E-state index contributed by atoms with van der Waals surface area (Å²) >= 11 is 0. The first kappa shape index (κ1) is 19.8. The molecule has 0 spiro atoms. The van der Waals surface area contributed by atoms with Crippen LogP contribution in [0.5, 0.6) is 5.75 Å². The summed E-state index contributed by atoms with van der Waals surface area (Å²) in [5.74, 6) is 1.72. The molecule has 0 N–H and O–H groups in total. The van der Waals surface area contributed by atoms with E-state index >= 15 is 0 Å². The number of methoxy groups -OCH3 is 1. The van der Waals surface area contributed by atoms with Gasteiger partial charge in [0.15, 0.2) is 0 Å². The Balaban J connectivity index is 1.44. The molecule has 1 saturated heterocycles. The van der Waals surface area contributed by atoms with E-state index in [0.717, 1.165) is 64.9 Å². The minimum atomic E-state index is -0.0835. The van der Waals surface area contributed by atoms with Crippen molar-refractivity contribution < 1.29 is 14.0 Å². The van der Waals surface area contributed by atoms with Gasteiger partial charge in [-0.05, 0) is 38.1 Å². The van der Waals surface area contributed by atoms with E-state index in [9.17, 15) is 0 Å². The molecule has 1 aliphatic heterocycles. The molecular formula is C24H26N4O3. The molecule has 1 atom stereocenters. The highest BCUT2D eigenvalue weighted by molar-refractivity contribution is 5.67. The zero-order valence-electron chi connectivity index (χ0n) is 18.0. The zero-order valence-corrected chi connectivity index (χ0v) is 18.0. The van der Waals surface area contributed by atoms with E-state index in [2.05, 4.69) is 38.7 Å². The second-order valence-corrected chi connectivity index (χ2v) is 7.93. The van der Waals surface area contributed by atoms with Gasteiger partial charge in [0.25, 0.3) is 0 Å². The Kier molecular flexibility index (Phi) is 5.21. The molecule has 1 fully saturated rings. The Labute approximate surface area is 181 Å². The first-order valence-corrected chi connectivity index (χ1v) is 10.5. The standard InChI is InChI=1S/C24H26N4O3/c1-16-20(17(2)31-26-16)13-27-10-11-30-23(14-27)24-22-9-5-8-21(28(22)15-25-24)18-6-4-7-19(12-18)29-3/h4-9,12,15,23H,10-11,13-14H2,1-3H3. The zero-order chi connectivity index (χ0) is 21.4. The molecule has 160 valence electrons. The van der Waals surface area contributed by atoms with Crippen molar-refractivity contribution >= 4 is 5.52 Å².